The van der Waals surface area contributed by atoms with E-state index in [2.05, 4.69) is 191 Å². The Kier molecular flexibility index (Phi) is 7.20. The fourth-order valence-electron chi connectivity index (χ4n) is 8.89. The third-order valence-corrected chi connectivity index (χ3v) is 11.6. The minimum absolute atomic E-state index is 0.851. The lowest BCUT2D eigenvalue weighted by Gasteiger charge is -2.26. The van der Waals surface area contributed by atoms with Gasteiger partial charge in [-0.05, 0) is 101 Å². The first-order valence-corrected chi connectivity index (χ1v) is 19.7. The molecular weight excluding hydrogens is 709 g/mol. The van der Waals surface area contributed by atoms with E-state index in [0.717, 1.165) is 72.2 Å². The van der Waals surface area contributed by atoms with Crippen molar-refractivity contribution >= 4 is 82.7 Å². The molecule has 0 saturated carbocycles. The van der Waals surface area contributed by atoms with Gasteiger partial charge >= 0.3 is 0 Å². The van der Waals surface area contributed by atoms with E-state index < -0.39 is 0 Å². The van der Waals surface area contributed by atoms with E-state index in [1.807, 2.05) is 24.3 Å². The van der Waals surface area contributed by atoms with Crippen molar-refractivity contribution in [3.63, 3.8) is 0 Å². The molecule has 0 amide bonds. The number of aromatic nitrogens is 1. The van der Waals surface area contributed by atoms with Crippen LogP contribution in [-0.2, 0) is 0 Å². The molecule has 3 aromatic heterocycles. The van der Waals surface area contributed by atoms with Crippen molar-refractivity contribution in [2.45, 2.75) is 0 Å². The van der Waals surface area contributed by atoms with E-state index in [-0.39, 0.29) is 0 Å². The number of fused-ring (bicyclic) bond motifs is 9. The van der Waals surface area contributed by atoms with Crippen LogP contribution in [0, 0.1) is 0 Å². The van der Waals surface area contributed by atoms with Gasteiger partial charge in [0.2, 0.25) is 0 Å². The van der Waals surface area contributed by atoms with Crippen molar-refractivity contribution in [3.05, 3.63) is 206 Å². The lowest BCUT2D eigenvalue weighted by atomic mass is 10.0. The summed E-state index contributed by atoms with van der Waals surface area (Å²) in [4.78, 5) is 2.32. The second-order valence-corrected chi connectivity index (χ2v) is 14.9. The van der Waals surface area contributed by atoms with Gasteiger partial charge in [-0.15, -0.1) is 0 Å². The van der Waals surface area contributed by atoms with Crippen LogP contribution >= 0.6 is 0 Å². The Hall–Kier alpha value is -7.82. The Morgan fingerprint density at radius 1 is 0.328 bits per heavy atom. The highest BCUT2D eigenvalue weighted by molar-refractivity contribution is 6.14. The van der Waals surface area contributed by atoms with Gasteiger partial charge in [-0.1, -0.05) is 121 Å². The Morgan fingerprint density at radius 2 is 0.897 bits per heavy atom. The van der Waals surface area contributed by atoms with Crippen LogP contribution in [0.3, 0.4) is 0 Å². The van der Waals surface area contributed by atoms with E-state index >= 15 is 0 Å². The standard InChI is InChI=1S/C54H34N2O2/c1-2-11-35(12-3-1)36-21-28-40(29-22-36)56-47-16-7-4-13-42(47)46-33-38(25-32-48(46)56)37-23-26-39(27-24-37)55(41-30-31-44-43-14-5-8-18-50(43)58-53(44)34-41)49-17-10-20-52-54(49)45-15-6-9-19-51(45)57-52/h1-34H. The number of hydrogen-bond acceptors (Lipinski definition) is 3. The summed E-state index contributed by atoms with van der Waals surface area (Å²) in [6, 6.07) is 73.2. The van der Waals surface area contributed by atoms with Gasteiger partial charge in [-0.25, -0.2) is 0 Å². The van der Waals surface area contributed by atoms with Crippen molar-refractivity contribution in [2.75, 3.05) is 4.90 Å². The Morgan fingerprint density at radius 3 is 1.72 bits per heavy atom. The molecule has 58 heavy (non-hydrogen) atoms. The Balaban J connectivity index is 0.975. The van der Waals surface area contributed by atoms with E-state index in [0.29, 0.717) is 0 Å². The van der Waals surface area contributed by atoms with Gasteiger partial charge in [0.1, 0.15) is 22.3 Å². The molecule has 4 nitrogen and oxygen atoms in total. The van der Waals surface area contributed by atoms with Gasteiger partial charge in [0.25, 0.3) is 0 Å². The SMILES string of the molecule is c1ccc(-c2ccc(-n3c4ccccc4c4cc(-c5ccc(N(c6ccc7c(c6)oc6ccccc67)c6cccc7oc8ccccc8c67)cc5)ccc43)cc2)cc1. The number of anilines is 3. The van der Waals surface area contributed by atoms with E-state index in [1.165, 1.54) is 38.5 Å². The molecule has 12 rings (SSSR count). The summed E-state index contributed by atoms with van der Waals surface area (Å²) in [6.45, 7) is 0. The zero-order chi connectivity index (χ0) is 38.2. The molecule has 0 saturated heterocycles. The molecule has 0 aliphatic carbocycles. The number of nitrogens with zero attached hydrogens (tertiary/aromatic N) is 2. The highest BCUT2D eigenvalue weighted by atomic mass is 16.3. The minimum Gasteiger partial charge on any atom is -0.456 e. The van der Waals surface area contributed by atoms with Crippen LogP contribution < -0.4 is 4.90 Å². The lowest BCUT2D eigenvalue weighted by Crippen LogP contribution is -2.10. The largest absolute Gasteiger partial charge is 0.456 e. The first-order chi connectivity index (χ1) is 28.7. The number of furan rings is 2. The Labute approximate surface area is 334 Å². The zero-order valence-electron chi connectivity index (χ0n) is 31.3. The molecule has 0 bridgehead atoms. The predicted molar refractivity (Wildman–Crippen MR) is 241 cm³/mol. The van der Waals surface area contributed by atoms with Crippen molar-refractivity contribution in [1.82, 2.24) is 4.57 Å². The molecule has 0 unspecified atom stereocenters. The quantitative estimate of drug-likeness (QED) is 0.170. The van der Waals surface area contributed by atoms with Gasteiger partial charge in [-0.3, -0.25) is 0 Å². The van der Waals surface area contributed by atoms with Crippen LogP contribution in [0.2, 0.25) is 0 Å². The van der Waals surface area contributed by atoms with Crippen molar-refractivity contribution < 1.29 is 8.83 Å². The van der Waals surface area contributed by atoms with Crippen molar-refractivity contribution in [1.29, 1.82) is 0 Å². The van der Waals surface area contributed by atoms with Gasteiger partial charge in [0.05, 0.1) is 22.1 Å². The van der Waals surface area contributed by atoms with Crippen molar-refractivity contribution in [3.8, 4) is 27.9 Å². The normalized spacial score (nSPS) is 11.8. The first-order valence-electron chi connectivity index (χ1n) is 19.7. The van der Waals surface area contributed by atoms with E-state index in [4.69, 9.17) is 8.83 Å². The van der Waals surface area contributed by atoms with Crippen LogP contribution in [0.1, 0.15) is 0 Å². The summed E-state index contributed by atoms with van der Waals surface area (Å²) in [5, 5.41) is 6.83. The molecular formula is C54H34N2O2. The molecule has 0 aliphatic heterocycles. The summed E-state index contributed by atoms with van der Waals surface area (Å²) in [6.07, 6.45) is 0. The highest BCUT2D eigenvalue weighted by Gasteiger charge is 2.21. The molecule has 0 aliphatic rings. The summed E-state index contributed by atoms with van der Waals surface area (Å²) < 4.78 is 15.2. The van der Waals surface area contributed by atoms with Crippen molar-refractivity contribution in [2.24, 2.45) is 0 Å². The maximum absolute atomic E-state index is 6.41. The third-order valence-electron chi connectivity index (χ3n) is 11.6. The van der Waals surface area contributed by atoms with Gasteiger partial charge in [0, 0.05) is 50.1 Å². The molecule has 9 aromatic carbocycles. The highest BCUT2D eigenvalue weighted by Crippen LogP contribution is 2.45. The number of hydrogen-bond donors (Lipinski definition) is 0. The fraction of sp³-hybridized carbons (Fsp3) is 0. The number of benzene rings is 9. The minimum atomic E-state index is 0.851. The fourth-order valence-corrected chi connectivity index (χ4v) is 8.89. The average molecular weight is 743 g/mol. The zero-order valence-corrected chi connectivity index (χ0v) is 31.3. The number of para-hydroxylation sites is 3. The molecule has 272 valence electrons. The van der Waals surface area contributed by atoms with Gasteiger partial charge in [0.15, 0.2) is 0 Å². The second-order valence-electron chi connectivity index (χ2n) is 14.9. The smallest absolute Gasteiger partial charge is 0.137 e. The molecule has 0 radical (unpaired) electrons. The summed E-state index contributed by atoms with van der Waals surface area (Å²) in [5.74, 6) is 0. The molecule has 4 heteroatoms. The monoisotopic (exact) mass is 742 g/mol. The molecule has 0 N–H and O–H groups in total. The van der Waals surface area contributed by atoms with Gasteiger partial charge in [-0.2, -0.15) is 0 Å². The van der Waals surface area contributed by atoms with Crippen LogP contribution in [0.15, 0.2) is 215 Å². The lowest BCUT2D eigenvalue weighted by molar-refractivity contribution is 0.669. The second kappa shape index (κ2) is 12.9. The first kappa shape index (κ1) is 32.4. The van der Waals surface area contributed by atoms with Gasteiger partial charge < -0.3 is 18.3 Å². The average Bonchev–Trinajstić information content (AvgIpc) is 3.97. The predicted octanol–water partition coefficient (Wildman–Crippen LogP) is 15.4. The molecule has 0 atom stereocenters. The summed E-state index contributed by atoms with van der Waals surface area (Å²) in [7, 11) is 0. The topological polar surface area (TPSA) is 34.5 Å². The summed E-state index contributed by atoms with van der Waals surface area (Å²) in [5.41, 5.74) is 14.8. The molecule has 0 spiro atoms. The van der Waals surface area contributed by atoms with Crippen LogP contribution in [0.5, 0.6) is 0 Å². The maximum Gasteiger partial charge on any atom is 0.137 e. The number of rotatable bonds is 6. The molecule has 3 heterocycles. The Bertz CT molecular complexity index is 3500. The molecule has 12 aromatic rings. The van der Waals surface area contributed by atoms with E-state index in [1.54, 1.807) is 0 Å². The maximum atomic E-state index is 6.41. The summed E-state index contributed by atoms with van der Waals surface area (Å²) >= 11 is 0. The van der Waals surface area contributed by atoms with Crippen LogP contribution in [-0.4, -0.2) is 4.57 Å². The molecule has 0 fully saturated rings. The van der Waals surface area contributed by atoms with Crippen LogP contribution in [0.25, 0.3) is 93.6 Å². The van der Waals surface area contributed by atoms with E-state index in [9.17, 15) is 0 Å². The third kappa shape index (κ3) is 5.09. The van der Waals surface area contributed by atoms with Crippen LogP contribution in [0.4, 0.5) is 17.1 Å².